The molecule has 0 amide bonds. The van der Waals surface area contributed by atoms with E-state index in [1.54, 1.807) is 0 Å². The van der Waals surface area contributed by atoms with Crippen LogP contribution in [0.2, 0.25) is 0 Å². The molecule has 2 rings (SSSR count). The Hall–Kier alpha value is -1.49. The van der Waals surface area contributed by atoms with Gasteiger partial charge < -0.3 is 10.1 Å². The van der Waals surface area contributed by atoms with Crippen molar-refractivity contribution in [1.29, 1.82) is 0 Å². The Balaban J connectivity index is 2.49. The molecule has 1 unspecified atom stereocenters. The van der Waals surface area contributed by atoms with Gasteiger partial charge in [0.15, 0.2) is 5.69 Å². The molecule has 92 valence electrons. The minimum atomic E-state index is -0.378. The van der Waals surface area contributed by atoms with Crippen LogP contribution in [-0.4, -0.2) is 23.0 Å². The summed E-state index contributed by atoms with van der Waals surface area (Å²) in [5.41, 5.74) is 2.22. The van der Waals surface area contributed by atoms with E-state index in [4.69, 9.17) is 4.74 Å². The van der Waals surface area contributed by atoms with Gasteiger partial charge in [-0.25, -0.2) is 14.8 Å². The lowest BCUT2D eigenvalue weighted by Gasteiger charge is -2.11. The molecule has 1 aliphatic rings. The molecule has 17 heavy (non-hydrogen) atoms. The first kappa shape index (κ1) is 12.0. The molecule has 0 radical (unpaired) electrons. The van der Waals surface area contributed by atoms with Crippen LogP contribution in [0, 0.1) is 0 Å². The largest absolute Gasteiger partial charge is 0.464 e. The molecule has 5 nitrogen and oxygen atoms in total. The normalized spacial score (nSPS) is 15.5. The number of methoxy groups -OCH3 is 1. The van der Waals surface area contributed by atoms with Crippen LogP contribution in [0.5, 0.6) is 0 Å². The second kappa shape index (κ2) is 4.79. The topological polar surface area (TPSA) is 64.1 Å². The van der Waals surface area contributed by atoms with E-state index in [2.05, 4.69) is 29.1 Å². The minimum absolute atomic E-state index is 0.254. The third-order valence-corrected chi connectivity index (χ3v) is 3.14. The van der Waals surface area contributed by atoms with Crippen LogP contribution in [0.15, 0.2) is 0 Å². The molecular weight excluding hydrogens is 218 g/mol. The molecule has 0 saturated carbocycles. The SMILES string of the molecule is CCC(C)c1nc2c(c(C(=O)OC)n1)CNC2. The number of hydrogen-bond acceptors (Lipinski definition) is 5. The maximum Gasteiger partial charge on any atom is 0.357 e. The lowest BCUT2D eigenvalue weighted by molar-refractivity contribution is 0.0592. The van der Waals surface area contributed by atoms with Crippen LogP contribution < -0.4 is 5.32 Å². The van der Waals surface area contributed by atoms with Crippen LogP contribution in [0.1, 0.15) is 53.8 Å². The van der Waals surface area contributed by atoms with Gasteiger partial charge in [-0.2, -0.15) is 0 Å². The Labute approximate surface area is 101 Å². The number of esters is 1. The van der Waals surface area contributed by atoms with E-state index < -0.39 is 0 Å². The van der Waals surface area contributed by atoms with Gasteiger partial charge in [0.1, 0.15) is 5.82 Å². The summed E-state index contributed by atoms with van der Waals surface area (Å²) < 4.78 is 4.77. The van der Waals surface area contributed by atoms with Gasteiger partial charge in [0, 0.05) is 24.6 Å². The highest BCUT2D eigenvalue weighted by Crippen LogP contribution is 2.22. The number of rotatable bonds is 3. The zero-order valence-electron chi connectivity index (χ0n) is 10.4. The van der Waals surface area contributed by atoms with Gasteiger partial charge in [-0.15, -0.1) is 0 Å². The van der Waals surface area contributed by atoms with Gasteiger partial charge in [0.2, 0.25) is 0 Å². The molecule has 0 bridgehead atoms. The summed E-state index contributed by atoms with van der Waals surface area (Å²) in [5, 5.41) is 3.18. The predicted octanol–water partition coefficient (Wildman–Crippen LogP) is 1.38. The van der Waals surface area contributed by atoms with E-state index in [1.807, 2.05) is 0 Å². The average molecular weight is 235 g/mol. The number of aromatic nitrogens is 2. The van der Waals surface area contributed by atoms with Crippen molar-refractivity contribution in [3.8, 4) is 0 Å². The molecule has 0 saturated heterocycles. The Bertz CT molecular complexity index is 446. The van der Waals surface area contributed by atoms with Crippen LogP contribution >= 0.6 is 0 Å². The fraction of sp³-hybridized carbons (Fsp3) is 0.583. The molecule has 1 N–H and O–H groups in total. The van der Waals surface area contributed by atoms with Gasteiger partial charge in [-0.1, -0.05) is 13.8 Å². The number of hydrogen-bond donors (Lipinski definition) is 1. The molecule has 1 aromatic heterocycles. The second-order valence-electron chi connectivity index (χ2n) is 4.26. The van der Waals surface area contributed by atoms with Gasteiger partial charge in [0.05, 0.1) is 12.8 Å². The summed E-state index contributed by atoms with van der Waals surface area (Å²) in [6.07, 6.45) is 0.951. The van der Waals surface area contributed by atoms with E-state index in [-0.39, 0.29) is 11.9 Å². The first-order chi connectivity index (χ1) is 8.17. The van der Waals surface area contributed by atoms with E-state index in [0.717, 1.165) is 23.5 Å². The van der Waals surface area contributed by atoms with Crippen LogP contribution in [0.3, 0.4) is 0 Å². The predicted molar refractivity (Wildman–Crippen MR) is 62.6 cm³/mol. The number of fused-ring (bicyclic) bond motifs is 1. The van der Waals surface area contributed by atoms with Crippen molar-refractivity contribution in [2.24, 2.45) is 0 Å². The smallest absolute Gasteiger partial charge is 0.357 e. The number of nitrogens with zero attached hydrogens (tertiary/aromatic N) is 2. The molecule has 1 aromatic rings. The maximum absolute atomic E-state index is 11.7. The lowest BCUT2D eigenvalue weighted by Crippen LogP contribution is -2.14. The van der Waals surface area contributed by atoms with Crippen molar-refractivity contribution in [3.05, 3.63) is 22.8 Å². The third kappa shape index (κ3) is 2.15. The summed E-state index contributed by atoms with van der Waals surface area (Å²) in [5.74, 6) is 0.608. The quantitative estimate of drug-likeness (QED) is 0.802. The summed E-state index contributed by atoms with van der Waals surface area (Å²) in [4.78, 5) is 20.6. The Morgan fingerprint density at radius 2 is 2.24 bits per heavy atom. The molecule has 0 aromatic carbocycles. The van der Waals surface area contributed by atoms with Crippen molar-refractivity contribution in [3.63, 3.8) is 0 Å². The highest BCUT2D eigenvalue weighted by atomic mass is 16.5. The molecule has 1 atom stereocenters. The first-order valence-corrected chi connectivity index (χ1v) is 5.86. The Kier molecular flexibility index (Phi) is 3.38. The lowest BCUT2D eigenvalue weighted by atomic mass is 10.1. The van der Waals surface area contributed by atoms with E-state index in [0.29, 0.717) is 18.8 Å². The van der Waals surface area contributed by atoms with Crippen molar-refractivity contribution in [1.82, 2.24) is 15.3 Å². The Morgan fingerprint density at radius 1 is 1.47 bits per heavy atom. The zero-order chi connectivity index (χ0) is 12.4. The standard InChI is InChI=1S/C12H17N3O2/c1-4-7(2)11-14-9-6-13-5-8(9)10(15-11)12(16)17-3/h7,13H,4-6H2,1-3H3. The van der Waals surface area contributed by atoms with E-state index in [1.165, 1.54) is 7.11 Å². The van der Waals surface area contributed by atoms with Crippen molar-refractivity contribution in [2.45, 2.75) is 39.3 Å². The fourth-order valence-corrected chi connectivity index (χ4v) is 1.86. The average Bonchev–Trinajstić information content (AvgIpc) is 2.83. The molecule has 0 aliphatic carbocycles. The summed E-state index contributed by atoms with van der Waals surface area (Å²) in [6, 6.07) is 0. The summed E-state index contributed by atoms with van der Waals surface area (Å²) in [6.45, 7) is 5.48. The molecular formula is C12H17N3O2. The minimum Gasteiger partial charge on any atom is -0.464 e. The molecule has 1 aliphatic heterocycles. The van der Waals surface area contributed by atoms with Gasteiger partial charge >= 0.3 is 5.97 Å². The van der Waals surface area contributed by atoms with Crippen LogP contribution in [-0.2, 0) is 17.8 Å². The second-order valence-corrected chi connectivity index (χ2v) is 4.26. The molecule has 5 heteroatoms. The number of carbonyl (C=O) groups is 1. The third-order valence-electron chi connectivity index (χ3n) is 3.14. The molecule has 2 heterocycles. The zero-order valence-corrected chi connectivity index (χ0v) is 10.4. The monoisotopic (exact) mass is 235 g/mol. The highest BCUT2D eigenvalue weighted by molar-refractivity contribution is 5.89. The molecule has 0 fully saturated rings. The molecule has 0 spiro atoms. The number of carbonyl (C=O) groups excluding carboxylic acids is 1. The van der Waals surface area contributed by atoms with Gasteiger partial charge in [-0.05, 0) is 6.42 Å². The first-order valence-electron chi connectivity index (χ1n) is 5.86. The summed E-state index contributed by atoms with van der Waals surface area (Å²) in [7, 11) is 1.38. The Morgan fingerprint density at radius 3 is 2.88 bits per heavy atom. The number of nitrogens with one attached hydrogen (secondary N) is 1. The van der Waals surface area contributed by atoms with Crippen molar-refractivity contribution in [2.75, 3.05) is 7.11 Å². The number of ether oxygens (including phenoxy) is 1. The summed E-state index contributed by atoms with van der Waals surface area (Å²) >= 11 is 0. The maximum atomic E-state index is 11.7. The fourth-order valence-electron chi connectivity index (χ4n) is 1.86. The van der Waals surface area contributed by atoms with Crippen LogP contribution in [0.25, 0.3) is 0 Å². The van der Waals surface area contributed by atoms with E-state index >= 15 is 0 Å². The van der Waals surface area contributed by atoms with Crippen molar-refractivity contribution < 1.29 is 9.53 Å². The van der Waals surface area contributed by atoms with Crippen LogP contribution in [0.4, 0.5) is 0 Å². The van der Waals surface area contributed by atoms with Crippen molar-refractivity contribution >= 4 is 5.97 Å². The highest BCUT2D eigenvalue weighted by Gasteiger charge is 2.24. The van der Waals surface area contributed by atoms with Gasteiger partial charge in [-0.3, -0.25) is 0 Å². The van der Waals surface area contributed by atoms with E-state index in [9.17, 15) is 4.79 Å². The van der Waals surface area contributed by atoms with Gasteiger partial charge in [0.25, 0.3) is 0 Å².